The highest BCUT2D eigenvalue weighted by atomic mass is 32.1. The molecular weight excluding hydrogens is 320 g/mol. The van der Waals surface area contributed by atoms with Gasteiger partial charge in [-0.15, -0.1) is 11.3 Å². The minimum Gasteiger partial charge on any atom is -0.326 e. The fourth-order valence-corrected chi connectivity index (χ4v) is 2.91. The third-order valence-electron chi connectivity index (χ3n) is 3.38. The number of hydrogen-bond donors (Lipinski definition) is 2. The van der Waals surface area contributed by atoms with Crippen LogP contribution in [0.5, 0.6) is 0 Å². The Bertz CT molecular complexity index is 812. The second kappa shape index (κ2) is 7.57. The monoisotopic (exact) mass is 336 g/mol. The number of benzene rings is 2. The van der Waals surface area contributed by atoms with E-state index in [-0.39, 0.29) is 11.8 Å². The van der Waals surface area contributed by atoms with Gasteiger partial charge in [0, 0.05) is 21.8 Å². The fourth-order valence-electron chi connectivity index (χ4n) is 2.21. The lowest BCUT2D eigenvalue weighted by atomic mass is 10.2. The number of anilines is 2. The highest BCUT2D eigenvalue weighted by Gasteiger charge is 2.08. The summed E-state index contributed by atoms with van der Waals surface area (Å²) in [6, 6.07) is 20.0. The molecule has 0 aliphatic heterocycles. The number of amides is 2. The van der Waals surface area contributed by atoms with Crippen molar-refractivity contribution < 1.29 is 9.59 Å². The quantitative estimate of drug-likeness (QED) is 0.734. The lowest BCUT2D eigenvalue weighted by Gasteiger charge is -2.07. The van der Waals surface area contributed by atoms with Crippen molar-refractivity contribution in [2.45, 2.75) is 6.42 Å². The maximum atomic E-state index is 12.2. The zero-order valence-electron chi connectivity index (χ0n) is 12.9. The summed E-state index contributed by atoms with van der Waals surface area (Å²) in [5.41, 5.74) is 1.96. The Morgan fingerprint density at radius 3 is 2.17 bits per heavy atom. The summed E-state index contributed by atoms with van der Waals surface area (Å²) in [5.74, 6) is -0.253. The maximum absolute atomic E-state index is 12.2. The standard InChI is InChI=1S/C19H16N2O2S/c22-18(13-17-7-4-12-24-17)20-16-10-8-14(9-11-16)19(23)21-15-5-2-1-3-6-15/h1-12H,13H2,(H,20,22)(H,21,23). The van der Waals surface area contributed by atoms with Crippen molar-refractivity contribution in [2.75, 3.05) is 10.6 Å². The van der Waals surface area contributed by atoms with Crippen LogP contribution < -0.4 is 10.6 Å². The van der Waals surface area contributed by atoms with Gasteiger partial charge < -0.3 is 10.6 Å². The first kappa shape index (κ1) is 16.0. The second-order valence-electron chi connectivity index (χ2n) is 5.20. The van der Waals surface area contributed by atoms with Crippen molar-refractivity contribution >= 4 is 34.5 Å². The molecule has 2 aromatic carbocycles. The van der Waals surface area contributed by atoms with Gasteiger partial charge in [-0.1, -0.05) is 24.3 Å². The molecule has 2 N–H and O–H groups in total. The van der Waals surface area contributed by atoms with Crippen LogP contribution in [0.1, 0.15) is 15.2 Å². The Morgan fingerprint density at radius 2 is 1.50 bits per heavy atom. The molecule has 0 unspecified atom stereocenters. The normalized spacial score (nSPS) is 10.2. The van der Waals surface area contributed by atoms with E-state index in [1.54, 1.807) is 35.6 Å². The average Bonchev–Trinajstić information content (AvgIpc) is 3.09. The molecule has 0 saturated carbocycles. The lowest BCUT2D eigenvalue weighted by molar-refractivity contribution is -0.115. The van der Waals surface area contributed by atoms with Crippen LogP contribution in [0.3, 0.4) is 0 Å². The first-order valence-corrected chi connectivity index (χ1v) is 8.37. The predicted molar refractivity (Wildman–Crippen MR) is 97.5 cm³/mol. The molecule has 0 spiro atoms. The van der Waals surface area contributed by atoms with Gasteiger partial charge in [-0.3, -0.25) is 9.59 Å². The van der Waals surface area contributed by atoms with Crippen LogP contribution in [0.2, 0.25) is 0 Å². The van der Waals surface area contributed by atoms with E-state index in [0.29, 0.717) is 17.7 Å². The molecule has 0 aliphatic rings. The van der Waals surface area contributed by atoms with Crippen molar-refractivity contribution in [3.8, 4) is 0 Å². The van der Waals surface area contributed by atoms with E-state index in [1.807, 2.05) is 47.8 Å². The highest BCUT2D eigenvalue weighted by Crippen LogP contribution is 2.14. The number of rotatable bonds is 5. The summed E-state index contributed by atoms with van der Waals surface area (Å²) in [7, 11) is 0. The maximum Gasteiger partial charge on any atom is 0.255 e. The van der Waals surface area contributed by atoms with Crippen molar-refractivity contribution in [3.63, 3.8) is 0 Å². The summed E-state index contributed by atoms with van der Waals surface area (Å²) in [4.78, 5) is 25.1. The fraction of sp³-hybridized carbons (Fsp3) is 0.0526. The molecule has 1 aromatic heterocycles. The number of nitrogens with one attached hydrogen (secondary N) is 2. The van der Waals surface area contributed by atoms with E-state index >= 15 is 0 Å². The van der Waals surface area contributed by atoms with Gasteiger partial charge in [0.25, 0.3) is 5.91 Å². The number of para-hydroxylation sites is 1. The molecule has 0 radical (unpaired) electrons. The van der Waals surface area contributed by atoms with E-state index < -0.39 is 0 Å². The Hall–Kier alpha value is -2.92. The zero-order chi connectivity index (χ0) is 16.8. The van der Waals surface area contributed by atoms with Gasteiger partial charge in [-0.2, -0.15) is 0 Å². The molecule has 3 rings (SSSR count). The molecule has 0 aliphatic carbocycles. The van der Waals surface area contributed by atoms with Crippen molar-refractivity contribution in [1.82, 2.24) is 0 Å². The van der Waals surface area contributed by atoms with Crippen LogP contribution >= 0.6 is 11.3 Å². The van der Waals surface area contributed by atoms with Crippen LogP contribution in [0.4, 0.5) is 11.4 Å². The summed E-state index contributed by atoms with van der Waals surface area (Å²) < 4.78 is 0. The summed E-state index contributed by atoms with van der Waals surface area (Å²) in [6.07, 6.45) is 0.355. The van der Waals surface area contributed by atoms with Crippen LogP contribution in [-0.2, 0) is 11.2 Å². The molecule has 5 heteroatoms. The Balaban J connectivity index is 1.58. The van der Waals surface area contributed by atoms with Gasteiger partial charge in [0.15, 0.2) is 0 Å². The first-order valence-electron chi connectivity index (χ1n) is 7.49. The lowest BCUT2D eigenvalue weighted by Crippen LogP contribution is -2.14. The minimum atomic E-state index is -0.183. The molecule has 1 heterocycles. The summed E-state index contributed by atoms with van der Waals surface area (Å²) in [6.45, 7) is 0. The Labute approximate surface area is 144 Å². The van der Waals surface area contributed by atoms with Gasteiger partial charge in [0.05, 0.1) is 6.42 Å². The van der Waals surface area contributed by atoms with Crippen LogP contribution in [0, 0.1) is 0 Å². The van der Waals surface area contributed by atoms with E-state index in [2.05, 4.69) is 10.6 Å². The molecule has 4 nitrogen and oxygen atoms in total. The molecule has 24 heavy (non-hydrogen) atoms. The van der Waals surface area contributed by atoms with Gasteiger partial charge in [0.1, 0.15) is 0 Å². The van der Waals surface area contributed by atoms with E-state index in [0.717, 1.165) is 10.6 Å². The van der Waals surface area contributed by atoms with Gasteiger partial charge in [0.2, 0.25) is 5.91 Å². The molecule has 0 bridgehead atoms. The van der Waals surface area contributed by atoms with Crippen LogP contribution in [0.15, 0.2) is 72.1 Å². The average molecular weight is 336 g/mol. The summed E-state index contributed by atoms with van der Waals surface area (Å²) in [5, 5.41) is 7.60. The number of thiophene rings is 1. The van der Waals surface area contributed by atoms with Gasteiger partial charge in [-0.25, -0.2) is 0 Å². The van der Waals surface area contributed by atoms with Gasteiger partial charge in [-0.05, 0) is 47.8 Å². The second-order valence-corrected chi connectivity index (χ2v) is 6.23. The summed E-state index contributed by atoms with van der Waals surface area (Å²) >= 11 is 1.56. The molecule has 120 valence electrons. The molecule has 0 atom stereocenters. The molecule has 0 fully saturated rings. The third kappa shape index (κ3) is 4.30. The van der Waals surface area contributed by atoms with E-state index in [4.69, 9.17) is 0 Å². The van der Waals surface area contributed by atoms with E-state index in [1.165, 1.54) is 0 Å². The van der Waals surface area contributed by atoms with Crippen LogP contribution in [-0.4, -0.2) is 11.8 Å². The number of carbonyl (C=O) groups excluding carboxylic acids is 2. The van der Waals surface area contributed by atoms with Crippen molar-refractivity contribution in [3.05, 3.63) is 82.6 Å². The zero-order valence-corrected chi connectivity index (χ0v) is 13.7. The smallest absolute Gasteiger partial charge is 0.255 e. The van der Waals surface area contributed by atoms with Gasteiger partial charge >= 0.3 is 0 Å². The van der Waals surface area contributed by atoms with Crippen LogP contribution in [0.25, 0.3) is 0 Å². The molecular formula is C19H16N2O2S. The minimum absolute atomic E-state index is 0.0704. The Kier molecular flexibility index (Phi) is 5.03. The predicted octanol–water partition coefficient (Wildman–Crippen LogP) is 4.18. The number of carbonyl (C=O) groups is 2. The largest absolute Gasteiger partial charge is 0.326 e. The number of hydrogen-bond acceptors (Lipinski definition) is 3. The third-order valence-corrected chi connectivity index (χ3v) is 4.25. The molecule has 3 aromatic rings. The topological polar surface area (TPSA) is 58.2 Å². The molecule has 0 saturated heterocycles. The van der Waals surface area contributed by atoms with Crippen molar-refractivity contribution in [2.24, 2.45) is 0 Å². The van der Waals surface area contributed by atoms with E-state index in [9.17, 15) is 9.59 Å². The SMILES string of the molecule is O=C(Cc1cccs1)Nc1ccc(C(=O)Nc2ccccc2)cc1. The molecule has 2 amide bonds. The Morgan fingerprint density at radius 1 is 0.792 bits per heavy atom. The highest BCUT2D eigenvalue weighted by molar-refractivity contribution is 7.10. The van der Waals surface area contributed by atoms with Crippen molar-refractivity contribution in [1.29, 1.82) is 0 Å². The first-order chi connectivity index (χ1) is 11.7.